The Morgan fingerprint density at radius 1 is 1.11 bits per heavy atom. The summed E-state index contributed by atoms with van der Waals surface area (Å²) in [6.07, 6.45) is 4.04. The van der Waals surface area contributed by atoms with E-state index in [9.17, 15) is 5.11 Å². The molecule has 0 atom stereocenters. The fraction of sp³-hybridized carbons (Fsp3) is 0.545. The number of rotatable bonds is 3. The zero-order valence-corrected chi connectivity index (χ0v) is 18.3. The van der Waals surface area contributed by atoms with Crippen LogP contribution in [0.2, 0.25) is 0 Å². The van der Waals surface area contributed by atoms with Gasteiger partial charge < -0.3 is 15.3 Å². The monoisotopic (exact) mass is 398 g/mol. The van der Waals surface area contributed by atoms with Gasteiger partial charge in [0.25, 0.3) is 0 Å². The second kappa shape index (κ2) is 6.56. The smallest absolute Gasteiger partial charge is 0.208 e. The maximum Gasteiger partial charge on any atom is 0.208 e. The highest BCUT2D eigenvalue weighted by Crippen LogP contribution is 2.42. The van der Waals surface area contributed by atoms with E-state index in [1.807, 2.05) is 6.07 Å². The van der Waals surface area contributed by atoms with Gasteiger partial charge in [-0.15, -0.1) is 10.2 Å². The van der Waals surface area contributed by atoms with Gasteiger partial charge in [-0.3, -0.25) is 0 Å². The van der Waals surface area contributed by atoms with E-state index in [0.29, 0.717) is 6.04 Å². The first-order valence-corrected chi connectivity index (χ1v) is 10.8. The number of aromatic nitrogens is 2. The number of benzene rings is 1. The van der Waals surface area contributed by atoms with Crippen molar-refractivity contribution in [1.82, 2.24) is 15.5 Å². The normalized spacial score (nSPS) is 21.0. The van der Waals surface area contributed by atoms with Crippen LogP contribution in [0.15, 0.2) is 18.7 Å². The average Bonchev–Trinajstić information content (AvgIpc) is 3.18. The largest absolute Gasteiger partial charge is 0.507 e. The number of fused-ring (bicyclic) bond motifs is 1. The summed E-state index contributed by atoms with van der Waals surface area (Å²) in [5.74, 6) is 0.260. The summed E-state index contributed by atoms with van der Waals surface area (Å²) in [5.41, 5.74) is 4.36. The van der Waals surface area contributed by atoms with Gasteiger partial charge in [-0.2, -0.15) is 0 Å². The third-order valence-corrected chi connectivity index (χ3v) is 7.01. The first-order chi connectivity index (χ1) is 13.0. The molecule has 150 valence electrons. The van der Waals surface area contributed by atoms with Crippen molar-refractivity contribution in [2.24, 2.45) is 0 Å². The molecule has 2 N–H and O–H groups in total. The number of phenolic OH excluding ortho intramolecular Hbond substituents is 1. The Bertz CT molecular complexity index is 915. The van der Waals surface area contributed by atoms with Crippen LogP contribution in [0, 0.1) is 0 Å². The van der Waals surface area contributed by atoms with E-state index < -0.39 is 0 Å². The molecule has 6 heteroatoms. The number of nitrogens with zero attached hydrogens (tertiary/aromatic N) is 3. The summed E-state index contributed by atoms with van der Waals surface area (Å²) in [4.78, 5) is 2.26. The second-order valence-electron chi connectivity index (χ2n) is 9.59. The van der Waals surface area contributed by atoms with Crippen LogP contribution in [0.4, 0.5) is 5.13 Å². The lowest BCUT2D eigenvalue weighted by Crippen LogP contribution is -2.61. The van der Waals surface area contributed by atoms with Crippen LogP contribution in [-0.4, -0.2) is 39.5 Å². The molecular formula is C22H30N4OS. The molecule has 0 spiro atoms. The van der Waals surface area contributed by atoms with E-state index >= 15 is 0 Å². The Morgan fingerprint density at radius 2 is 1.79 bits per heavy atom. The zero-order valence-electron chi connectivity index (χ0n) is 17.5. The van der Waals surface area contributed by atoms with Crippen LogP contribution < -0.4 is 10.2 Å². The van der Waals surface area contributed by atoms with Crippen LogP contribution in [-0.2, 0) is 6.42 Å². The number of hydrogen-bond donors (Lipinski definition) is 2. The van der Waals surface area contributed by atoms with Crippen LogP contribution in [0.1, 0.15) is 58.1 Å². The summed E-state index contributed by atoms with van der Waals surface area (Å²) >= 11 is 1.55. The topological polar surface area (TPSA) is 61.3 Å². The molecule has 1 saturated heterocycles. The van der Waals surface area contributed by atoms with Crippen LogP contribution in [0.5, 0.6) is 5.75 Å². The molecule has 0 amide bonds. The predicted octanol–water partition coefficient (Wildman–Crippen LogP) is 4.62. The molecule has 5 nitrogen and oxygen atoms in total. The van der Waals surface area contributed by atoms with E-state index in [0.717, 1.165) is 52.5 Å². The van der Waals surface area contributed by atoms with Crippen LogP contribution in [0.3, 0.4) is 0 Å². The molecule has 28 heavy (non-hydrogen) atoms. The van der Waals surface area contributed by atoms with Gasteiger partial charge in [-0.05, 0) is 82.2 Å². The standard InChI is InChI=1S/C22H30N4OS/c1-13-7-8-14-9-17(18(27)10-16(13)14)19-23-24-20(28-19)26(6)15-11-21(2,3)25-22(4,5)12-15/h9-10,15,25,27H,1,7-8,11-12H2,2-6H3. The van der Waals surface area contributed by atoms with Crippen molar-refractivity contribution in [3.63, 3.8) is 0 Å². The number of hydrogen-bond acceptors (Lipinski definition) is 6. The van der Waals surface area contributed by atoms with Crippen molar-refractivity contribution in [3.8, 4) is 16.3 Å². The number of aromatic hydroxyl groups is 1. The van der Waals surface area contributed by atoms with Crippen molar-refractivity contribution >= 4 is 22.0 Å². The lowest BCUT2D eigenvalue weighted by Gasteiger charge is -2.48. The highest BCUT2D eigenvalue weighted by atomic mass is 32.1. The van der Waals surface area contributed by atoms with Gasteiger partial charge in [0.1, 0.15) is 5.75 Å². The Balaban J connectivity index is 1.61. The van der Waals surface area contributed by atoms with E-state index in [1.165, 1.54) is 5.56 Å². The molecule has 0 saturated carbocycles. The first-order valence-electron chi connectivity index (χ1n) is 9.95. The van der Waals surface area contributed by atoms with E-state index in [4.69, 9.17) is 0 Å². The summed E-state index contributed by atoms with van der Waals surface area (Å²) < 4.78 is 0. The van der Waals surface area contributed by atoms with Crippen molar-refractivity contribution in [2.45, 2.75) is 70.5 Å². The highest BCUT2D eigenvalue weighted by molar-refractivity contribution is 7.18. The molecular weight excluding hydrogens is 368 g/mol. The second-order valence-corrected chi connectivity index (χ2v) is 10.5. The van der Waals surface area contributed by atoms with Gasteiger partial charge in [-0.25, -0.2) is 0 Å². The summed E-state index contributed by atoms with van der Waals surface area (Å²) in [6, 6.07) is 4.29. The quantitative estimate of drug-likeness (QED) is 0.790. The molecule has 2 aromatic rings. The number of phenols is 1. The van der Waals surface area contributed by atoms with Crippen LogP contribution >= 0.6 is 11.3 Å². The molecule has 0 unspecified atom stereocenters. The molecule has 1 fully saturated rings. The minimum Gasteiger partial charge on any atom is -0.507 e. The summed E-state index contributed by atoms with van der Waals surface area (Å²) in [5, 5.41) is 24.8. The molecule has 0 radical (unpaired) electrons. The lowest BCUT2D eigenvalue weighted by atomic mass is 9.79. The van der Waals surface area contributed by atoms with E-state index in [1.54, 1.807) is 11.3 Å². The average molecular weight is 399 g/mol. The van der Waals surface area contributed by atoms with Crippen molar-refractivity contribution in [1.29, 1.82) is 0 Å². The van der Waals surface area contributed by atoms with Gasteiger partial charge in [-0.1, -0.05) is 17.9 Å². The Hall–Kier alpha value is -1.92. The van der Waals surface area contributed by atoms with Crippen molar-refractivity contribution in [3.05, 3.63) is 29.8 Å². The highest BCUT2D eigenvalue weighted by Gasteiger charge is 2.39. The molecule has 4 rings (SSSR count). The number of aryl methyl sites for hydroxylation is 1. The molecule has 1 aliphatic heterocycles. The summed E-state index contributed by atoms with van der Waals surface area (Å²) in [6.45, 7) is 13.1. The minimum absolute atomic E-state index is 0.0782. The zero-order chi connectivity index (χ0) is 20.3. The fourth-order valence-electron chi connectivity index (χ4n) is 4.93. The van der Waals surface area contributed by atoms with E-state index in [-0.39, 0.29) is 16.8 Å². The minimum atomic E-state index is 0.0782. The SMILES string of the molecule is C=C1CCc2cc(-c3nnc(N(C)C4CC(C)(C)NC(C)(C)C4)s3)c(O)cc21. The summed E-state index contributed by atoms with van der Waals surface area (Å²) in [7, 11) is 2.11. The molecule has 2 heterocycles. The van der Waals surface area contributed by atoms with Gasteiger partial charge in [0.2, 0.25) is 5.13 Å². The molecule has 2 aliphatic rings. The molecule has 1 aliphatic carbocycles. The van der Waals surface area contributed by atoms with Crippen molar-refractivity contribution in [2.75, 3.05) is 11.9 Å². The van der Waals surface area contributed by atoms with Crippen LogP contribution in [0.25, 0.3) is 16.1 Å². The third kappa shape index (κ3) is 3.55. The molecule has 1 aromatic heterocycles. The maximum absolute atomic E-state index is 10.6. The van der Waals surface area contributed by atoms with Gasteiger partial charge in [0.05, 0.1) is 5.56 Å². The predicted molar refractivity (Wildman–Crippen MR) is 117 cm³/mol. The third-order valence-electron chi connectivity index (χ3n) is 5.96. The van der Waals surface area contributed by atoms with E-state index in [2.05, 4.69) is 67.8 Å². The van der Waals surface area contributed by atoms with Gasteiger partial charge >= 0.3 is 0 Å². The number of allylic oxidation sites excluding steroid dienone is 1. The maximum atomic E-state index is 10.6. The lowest BCUT2D eigenvalue weighted by molar-refractivity contribution is 0.161. The number of piperidine rings is 1. The van der Waals surface area contributed by atoms with Crippen molar-refractivity contribution < 1.29 is 5.11 Å². The Kier molecular flexibility index (Phi) is 4.55. The fourth-order valence-corrected chi connectivity index (χ4v) is 5.83. The number of nitrogens with one attached hydrogen (secondary N) is 1. The Morgan fingerprint density at radius 3 is 2.46 bits per heavy atom. The molecule has 0 bridgehead atoms. The number of anilines is 1. The van der Waals surface area contributed by atoms with Gasteiger partial charge in [0, 0.05) is 24.2 Å². The molecule has 1 aromatic carbocycles. The van der Waals surface area contributed by atoms with Gasteiger partial charge in [0.15, 0.2) is 5.01 Å². The Labute approximate surface area is 171 Å². The first kappa shape index (κ1) is 19.4.